The summed E-state index contributed by atoms with van der Waals surface area (Å²) in [6.07, 6.45) is 10.6. The molecule has 0 aliphatic carbocycles. The maximum atomic E-state index is 12.5. The molecule has 0 unspecified atom stereocenters. The van der Waals surface area contributed by atoms with Crippen molar-refractivity contribution in [3.05, 3.63) is 95.1 Å². The van der Waals surface area contributed by atoms with Gasteiger partial charge in [0.25, 0.3) is 0 Å². The van der Waals surface area contributed by atoms with Crippen LogP contribution in [0, 0.1) is 17.8 Å². The van der Waals surface area contributed by atoms with Crippen molar-refractivity contribution in [3.8, 4) is 23.3 Å². The molecule has 0 radical (unpaired) electrons. The molecule has 0 fully saturated rings. The largest absolute Gasteiger partial charge is 0.493 e. The van der Waals surface area contributed by atoms with Gasteiger partial charge in [0.2, 0.25) is 5.91 Å². The molecular weight excluding hydrogens is 514 g/mol. The molecule has 220 valence electrons. The van der Waals surface area contributed by atoms with Gasteiger partial charge >= 0.3 is 0 Å². The van der Waals surface area contributed by atoms with Gasteiger partial charge in [-0.2, -0.15) is 0 Å². The summed E-state index contributed by atoms with van der Waals surface area (Å²) in [5, 5.41) is 23.2. The number of amides is 1. The molecule has 3 N–H and O–H groups in total. The number of ether oxygens (including phenoxy) is 2. The minimum absolute atomic E-state index is 0.0668. The SMILES string of the molecule is COc1ccc(CC/C=C(\C)[C@H](O)[C@H](C)/C=C/C#CCC/C=C(\C)C(=O)N[C@H](CO)Cc2ccccc2)cc1OC. The number of hydrogen-bond acceptors (Lipinski definition) is 5. The molecule has 6 heteroatoms. The van der Waals surface area contributed by atoms with Crippen molar-refractivity contribution in [2.75, 3.05) is 20.8 Å². The Balaban J connectivity index is 1.75. The van der Waals surface area contributed by atoms with Crippen LogP contribution in [0.2, 0.25) is 0 Å². The lowest BCUT2D eigenvalue weighted by atomic mass is 9.96. The summed E-state index contributed by atoms with van der Waals surface area (Å²) >= 11 is 0. The summed E-state index contributed by atoms with van der Waals surface area (Å²) in [7, 11) is 3.25. The number of hydrogen-bond donors (Lipinski definition) is 3. The van der Waals surface area contributed by atoms with Crippen LogP contribution in [0.25, 0.3) is 0 Å². The van der Waals surface area contributed by atoms with Crippen molar-refractivity contribution in [1.82, 2.24) is 5.32 Å². The van der Waals surface area contributed by atoms with E-state index in [0.717, 1.165) is 29.5 Å². The maximum absolute atomic E-state index is 12.5. The molecule has 3 atom stereocenters. The van der Waals surface area contributed by atoms with Gasteiger partial charge < -0.3 is 25.0 Å². The summed E-state index contributed by atoms with van der Waals surface area (Å²) in [4.78, 5) is 12.5. The highest BCUT2D eigenvalue weighted by Crippen LogP contribution is 2.28. The Morgan fingerprint density at radius 1 is 1.00 bits per heavy atom. The number of aryl methyl sites for hydroxylation is 1. The lowest BCUT2D eigenvalue weighted by Gasteiger charge is -2.16. The van der Waals surface area contributed by atoms with Crippen LogP contribution < -0.4 is 14.8 Å². The normalized spacial score (nSPS) is 14.1. The molecule has 0 aliphatic rings. The zero-order valence-electron chi connectivity index (χ0n) is 25.0. The van der Waals surface area contributed by atoms with Crippen molar-refractivity contribution < 1.29 is 24.5 Å². The number of allylic oxidation sites excluding steroid dienone is 3. The second kappa shape index (κ2) is 18.5. The van der Waals surface area contributed by atoms with E-state index in [1.54, 1.807) is 27.2 Å². The first-order valence-electron chi connectivity index (χ1n) is 14.1. The molecule has 0 heterocycles. The molecule has 0 bridgehead atoms. The van der Waals surface area contributed by atoms with E-state index < -0.39 is 6.10 Å². The number of carbonyl (C=O) groups excluding carboxylic acids is 1. The number of carbonyl (C=O) groups is 1. The Labute approximate surface area is 245 Å². The first kappa shape index (κ1) is 33.4. The van der Waals surface area contributed by atoms with Crippen molar-refractivity contribution >= 4 is 5.91 Å². The van der Waals surface area contributed by atoms with E-state index in [0.29, 0.717) is 36.3 Å². The van der Waals surface area contributed by atoms with E-state index in [1.807, 2.05) is 74.5 Å². The Bertz CT molecular complexity index is 1240. The van der Waals surface area contributed by atoms with E-state index in [1.165, 1.54) is 0 Å². The monoisotopic (exact) mass is 559 g/mol. The molecule has 2 aromatic rings. The second-order valence-corrected chi connectivity index (χ2v) is 10.1. The first-order chi connectivity index (χ1) is 19.8. The van der Waals surface area contributed by atoms with E-state index in [9.17, 15) is 15.0 Å². The summed E-state index contributed by atoms with van der Waals surface area (Å²) in [6.45, 7) is 5.57. The van der Waals surface area contributed by atoms with Crippen LogP contribution in [0.4, 0.5) is 0 Å². The predicted octanol–water partition coefficient (Wildman–Crippen LogP) is 5.59. The zero-order valence-corrected chi connectivity index (χ0v) is 25.0. The van der Waals surface area contributed by atoms with Gasteiger partial charge in [-0.05, 0) is 74.4 Å². The second-order valence-electron chi connectivity index (χ2n) is 10.1. The van der Waals surface area contributed by atoms with Crippen molar-refractivity contribution in [1.29, 1.82) is 0 Å². The lowest BCUT2D eigenvalue weighted by Crippen LogP contribution is -2.39. The number of unbranched alkanes of at least 4 members (excludes halogenated alkanes) is 1. The minimum Gasteiger partial charge on any atom is -0.493 e. The van der Waals surface area contributed by atoms with E-state index in [-0.39, 0.29) is 24.5 Å². The molecule has 0 aliphatic heterocycles. The topological polar surface area (TPSA) is 88.0 Å². The zero-order chi connectivity index (χ0) is 30.0. The number of rotatable bonds is 15. The van der Waals surface area contributed by atoms with Gasteiger partial charge in [-0.3, -0.25) is 4.79 Å². The third-order valence-electron chi connectivity index (χ3n) is 6.86. The fraction of sp³-hybridized carbons (Fsp3) is 0.400. The smallest absolute Gasteiger partial charge is 0.246 e. The number of methoxy groups -OCH3 is 2. The maximum Gasteiger partial charge on any atom is 0.246 e. The van der Waals surface area contributed by atoms with Crippen LogP contribution in [0.5, 0.6) is 11.5 Å². The van der Waals surface area contributed by atoms with E-state index in [4.69, 9.17) is 9.47 Å². The summed E-state index contributed by atoms with van der Waals surface area (Å²) in [5.74, 6) is 7.29. The van der Waals surface area contributed by atoms with Gasteiger partial charge in [0.15, 0.2) is 11.5 Å². The Kier molecular flexibility index (Phi) is 15.1. The average molecular weight is 560 g/mol. The summed E-state index contributed by atoms with van der Waals surface area (Å²) < 4.78 is 10.7. The summed E-state index contributed by atoms with van der Waals surface area (Å²) in [5.41, 5.74) is 3.75. The van der Waals surface area contributed by atoms with Gasteiger partial charge in [-0.1, -0.05) is 73.4 Å². The quantitative estimate of drug-likeness (QED) is 0.115. The first-order valence-corrected chi connectivity index (χ1v) is 14.1. The van der Waals surface area contributed by atoms with Crippen molar-refractivity contribution in [3.63, 3.8) is 0 Å². The van der Waals surface area contributed by atoms with Crippen LogP contribution in [0.3, 0.4) is 0 Å². The van der Waals surface area contributed by atoms with Crippen molar-refractivity contribution in [2.45, 2.75) is 65.0 Å². The molecule has 1 amide bonds. The number of nitrogens with one attached hydrogen (secondary N) is 1. The highest BCUT2D eigenvalue weighted by molar-refractivity contribution is 5.92. The van der Waals surface area contributed by atoms with Crippen LogP contribution in [-0.4, -0.2) is 49.1 Å². The third-order valence-corrected chi connectivity index (χ3v) is 6.86. The highest BCUT2D eigenvalue weighted by atomic mass is 16.5. The number of benzene rings is 2. The Morgan fingerprint density at radius 3 is 2.41 bits per heavy atom. The third kappa shape index (κ3) is 12.1. The Morgan fingerprint density at radius 2 is 1.73 bits per heavy atom. The fourth-order valence-electron chi connectivity index (χ4n) is 4.29. The molecule has 6 nitrogen and oxygen atoms in total. The van der Waals surface area contributed by atoms with Gasteiger partial charge in [0.05, 0.1) is 33.0 Å². The van der Waals surface area contributed by atoms with Gasteiger partial charge in [-0.15, -0.1) is 0 Å². The fourth-order valence-corrected chi connectivity index (χ4v) is 4.29. The van der Waals surface area contributed by atoms with Crippen LogP contribution in [0.15, 0.2) is 84.0 Å². The molecule has 2 rings (SSSR count). The molecule has 0 saturated carbocycles. The van der Waals surface area contributed by atoms with E-state index in [2.05, 4.69) is 23.2 Å². The molecule has 0 saturated heterocycles. The molecule has 0 spiro atoms. The predicted molar refractivity (Wildman–Crippen MR) is 166 cm³/mol. The van der Waals surface area contributed by atoms with E-state index >= 15 is 0 Å². The average Bonchev–Trinajstić information content (AvgIpc) is 2.99. The van der Waals surface area contributed by atoms with Crippen LogP contribution in [0.1, 0.15) is 51.2 Å². The molecule has 2 aromatic carbocycles. The minimum atomic E-state index is -0.577. The van der Waals surface area contributed by atoms with Crippen molar-refractivity contribution in [2.24, 2.45) is 5.92 Å². The number of aliphatic hydroxyl groups excluding tert-OH is 2. The standard InChI is InChI=1S/C35H45NO5/c1-26(34(38)27(2)17-14-20-30-21-22-32(40-4)33(24-30)41-5)15-10-7-6-8-11-16-28(3)35(39)36-31(25-37)23-29-18-12-9-13-19-29/h9-10,12-13,15-19,21-22,24,26,31,34,37-38H,8,11,14,20,23,25H2,1-5H3,(H,36,39)/b15-10+,27-17+,28-16+/t26-,31+,34-/m1/s1. The highest BCUT2D eigenvalue weighted by Gasteiger charge is 2.14. The molecular formula is C35H45NO5. The van der Waals surface area contributed by atoms with Gasteiger partial charge in [0.1, 0.15) is 0 Å². The molecule has 41 heavy (non-hydrogen) atoms. The Hall–Kier alpha value is -3.79. The molecule has 0 aromatic heterocycles. The lowest BCUT2D eigenvalue weighted by molar-refractivity contribution is -0.118. The van der Waals surface area contributed by atoms with Gasteiger partial charge in [-0.25, -0.2) is 0 Å². The number of aliphatic hydroxyl groups is 2. The van der Waals surface area contributed by atoms with Gasteiger partial charge in [0, 0.05) is 17.9 Å². The van der Waals surface area contributed by atoms with Crippen LogP contribution in [-0.2, 0) is 17.6 Å². The summed E-state index contributed by atoms with van der Waals surface area (Å²) in [6, 6.07) is 15.4. The van der Waals surface area contributed by atoms with Crippen LogP contribution >= 0.6 is 0 Å².